The number of carboxylic acids is 1. The molecule has 59 heavy (non-hydrogen) atoms. The number of hydrogen-bond acceptors (Lipinski definition) is 5. The largest absolute Gasteiger partial charge is 0.487 e. The molecular weight excluding hydrogens is 737 g/mol. The van der Waals surface area contributed by atoms with Gasteiger partial charge in [0, 0.05) is 11.4 Å². The first-order valence-electron chi connectivity index (χ1n) is 19.2. The second-order valence-corrected chi connectivity index (χ2v) is 13.8. The van der Waals surface area contributed by atoms with Crippen LogP contribution in [-0.2, 0) is 18.0 Å². The van der Waals surface area contributed by atoms with Gasteiger partial charge in [0.05, 0.1) is 41.0 Å². The van der Waals surface area contributed by atoms with Crippen LogP contribution in [-0.4, -0.2) is 33.3 Å². The maximum absolute atomic E-state index is 12.0. The van der Waals surface area contributed by atoms with Crippen molar-refractivity contribution in [3.05, 3.63) is 216 Å². The number of aromatic nitrogens is 2. The molecule has 6 aromatic carbocycles. The van der Waals surface area contributed by atoms with Crippen molar-refractivity contribution < 1.29 is 28.9 Å². The van der Waals surface area contributed by atoms with Gasteiger partial charge in [-0.2, -0.15) is 0 Å². The number of esters is 1. The summed E-state index contributed by atoms with van der Waals surface area (Å²) in [6, 6.07) is 58.6. The van der Waals surface area contributed by atoms with Crippen molar-refractivity contribution >= 4 is 11.9 Å². The van der Waals surface area contributed by atoms with Crippen molar-refractivity contribution in [3.63, 3.8) is 0 Å². The number of carbonyl (C=O) groups excluding carboxylic acids is 1. The van der Waals surface area contributed by atoms with E-state index in [2.05, 4.69) is 28.2 Å². The number of aryl methyl sites for hydroxylation is 2. The number of methoxy groups -OCH3 is 1. The zero-order valence-corrected chi connectivity index (χ0v) is 33.1. The van der Waals surface area contributed by atoms with E-state index in [1.54, 1.807) is 24.3 Å². The van der Waals surface area contributed by atoms with Crippen molar-refractivity contribution in [2.24, 2.45) is 0 Å². The first-order valence-corrected chi connectivity index (χ1v) is 19.2. The van der Waals surface area contributed by atoms with Crippen LogP contribution in [0.25, 0.3) is 33.9 Å². The Balaban J connectivity index is 0.000000179. The Morgan fingerprint density at radius 2 is 0.915 bits per heavy atom. The number of benzene rings is 6. The summed E-state index contributed by atoms with van der Waals surface area (Å²) in [5.74, 6) is 0.281. The van der Waals surface area contributed by atoms with Crippen molar-refractivity contribution in [2.75, 3.05) is 7.11 Å². The van der Waals surface area contributed by atoms with Crippen LogP contribution in [0.5, 0.6) is 11.5 Å². The Kier molecular flexibility index (Phi) is 12.5. The van der Waals surface area contributed by atoms with Crippen molar-refractivity contribution in [1.82, 2.24) is 9.13 Å². The van der Waals surface area contributed by atoms with Gasteiger partial charge >= 0.3 is 11.9 Å². The number of carbonyl (C=O) groups is 2. The molecule has 8 heteroatoms. The number of carboxylic acid groups (broad SMARTS) is 1. The predicted molar refractivity (Wildman–Crippen MR) is 232 cm³/mol. The Bertz CT molecular complexity index is 2680. The fourth-order valence-corrected chi connectivity index (χ4v) is 6.90. The monoisotopic (exact) mass is 780 g/mol. The van der Waals surface area contributed by atoms with Gasteiger partial charge in [0.25, 0.3) is 0 Å². The highest BCUT2D eigenvalue weighted by Crippen LogP contribution is 2.34. The lowest BCUT2D eigenvalue weighted by Gasteiger charge is -2.17. The molecule has 0 saturated carbocycles. The number of ether oxygens (including phenoxy) is 3. The van der Waals surface area contributed by atoms with Gasteiger partial charge in [-0.25, -0.2) is 9.59 Å². The molecule has 2 aromatic heterocycles. The minimum Gasteiger partial charge on any atom is -0.487 e. The molecule has 1 N–H and O–H groups in total. The molecule has 8 aromatic rings. The van der Waals surface area contributed by atoms with E-state index in [4.69, 9.17) is 14.2 Å². The van der Waals surface area contributed by atoms with E-state index < -0.39 is 5.97 Å². The van der Waals surface area contributed by atoms with Crippen molar-refractivity contribution in [2.45, 2.75) is 27.1 Å². The molecule has 0 saturated heterocycles. The van der Waals surface area contributed by atoms with Gasteiger partial charge in [0.2, 0.25) is 0 Å². The Hall–Kier alpha value is -7.58. The van der Waals surface area contributed by atoms with Crippen molar-refractivity contribution in [3.8, 4) is 45.4 Å². The first-order chi connectivity index (χ1) is 28.8. The van der Waals surface area contributed by atoms with E-state index in [0.717, 1.165) is 67.9 Å². The molecule has 0 spiro atoms. The zero-order chi connectivity index (χ0) is 41.1. The van der Waals surface area contributed by atoms with Gasteiger partial charge in [-0.1, -0.05) is 109 Å². The maximum atomic E-state index is 12.0. The molecule has 0 atom stereocenters. The summed E-state index contributed by atoms with van der Waals surface area (Å²) in [4.78, 5) is 23.4. The fraction of sp³-hybridized carbons (Fsp3) is 0.0980. The van der Waals surface area contributed by atoms with Crippen LogP contribution < -0.4 is 9.47 Å². The number of nitrogens with zero attached hydrogens (tertiary/aromatic N) is 2. The van der Waals surface area contributed by atoms with Crippen LogP contribution in [0.1, 0.15) is 43.2 Å². The molecule has 8 nitrogen and oxygen atoms in total. The third kappa shape index (κ3) is 9.35. The Morgan fingerprint density at radius 3 is 1.37 bits per heavy atom. The summed E-state index contributed by atoms with van der Waals surface area (Å²) in [6.07, 6.45) is 0. The summed E-state index contributed by atoms with van der Waals surface area (Å²) in [7, 11) is 1.39. The number of aromatic carboxylic acids is 1. The van der Waals surface area contributed by atoms with Crippen LogP contribution in [0, 0.1) is 13.8 Å². The molecule has 0 aliphatic rings. The third-order valence-corrected chi connectivity index (χ3v) is 9.82. The van der Waals surface area contributed by atoms with Crippen LogP contribution in [0.2, 0.25) is 0 Å². The Morgan fingerprint density at radius 1 is 0.492 bits per heavy atom. The standard InChI is InChI=1S/C26H23NO3.C25H21NO3/c1-19-15-16-23(21-11-8-12-22(17-21)26(28)29-2)27(19)24-13-6-7-14-25(24)30-18-20-9-4-3-5-10-20;1-18-14-15-22(20-10-7-11-21(16-20)25(27)28)26(18)23-12-5-6-13-24(23)29-17-19-8-3-2-4-9-19/h3-17H,18H2,1-2H3;2-16H,17H2,1H3,(H,27,28). The molecule has 0 fully saturated rings. The number of rotatable bonds is 12. The average Bonchev–Trinajstić information content (AvgIpc) is 3.87. The van der Waals surface area contributed by atoms with Gasteiger partial charge < -0.3 is 28.5 Å². The molecule has 0 aliphatic carbocycles. The predicted octanol–water partition coefficient (Wildman–Crippen LogP) is 11.5. The molecule has 0 aliphatic heterocycles. The molecule has 0 radical (unpaired) electrons. The van der Waals surface area contributed by atoms with E-state index >= 15 is 0 Å². The molecular formula is C51H44N2O6. The normalized spacial score (nSPS) is 10.6. The lowest BCUT2D eigenvalue weighted by atomic mass is 10.1. The molecule has 8 rings (SSSR count). The summed E-state index contributed by atoms with van der Waals surface area (Å²) in [5.41, 5.74) is 10.7. The smallest absolute Gasteiger partial charge is 0.337 e. The molecule has 0 unspecified atom stereocenters. The van der Waals surface area contributed by atoms with Crippen LogP contribution >= 0.6 is 0 Å². The molecule has 294 valence electrons. The van der Waals surface area contributed by atoms with Crippen LogP contribution in [0.4, 0.5) is 0 Å². The second-order valence-electron chi connectivity index (χ2n) is 13.8. The highest BCUT2D eigenvalue weighted by molar-refractivity contribution is 5.91. The third-order valence-electron chi connectivity index (χ3n) is 9.82. The lowest BCUT2D eigenvalue weighted by Crippen LogP contribution is -2.05. The Labute approximate surface area is 344 Å². The van der Waals surface area contributed by atoms with Gasteiger partial charge in [-0.15, -0.1) is 0 Å². The average molecular weight is 781 g/mol. The molecule has 0 amide bonds. The van der Waals surface area contributed by atoms with E-state index in [-0.39, 0.29) is 11.5 Å². The SMILES string of the molecule is COC(=O)c1cccc(-c2ccc(C)n2-c2ccccc2OCc2ccccc2)c1.Cc1ccc(-c2cccc(C(=O)O)c2)n1-c1ccccc1OCc1ccccc1. The van der Waals surface area contributed by atoms with E-state index in [1.807, 2.05) is 153 Å². The first kappa shape index (κ1) is 39.6. The highest BCUT2D eigenvalue weighted by atomic mass is 16.5. The molecule has 0 bridgehead atoms. The summed E-state index contributed by atoms with van der Waals surface area (Å²) >= 11 is 0. The van der Waals surface area contributed by atoms with Crippen LogP contribution in [0.3, 0.4) is 0 Å². The summed E-state index contributed by atoms with van der Waals surface area (Å²) < 4.78 is 21.4. The van der Waals surface area contributed by atoms with Gasteiger partial charge in [0.1, 0.15) is 24.7 Å². The van der Waals surface area contributed by atoms with Gasteiger partial charge in [-0.05, 0) is 109 Å². The lowest BCUT2D eigenvalue weighted by molar-refractivity contribution is 0.0599. The van der Waals surface area contributed by atoms with E-state index in [9.17, 15) is 14.7 Å². The van der Waals surface area contributed by atoms with Gasteiger partial charge in [-0.3, -0.25) is 0 Å². The summed E-state index contributed by atoms with van der Waals surface area (Å²) in [5, 5.41) is 9.34. The minimum absolute atomic E-state index is 0.265. The maximum Gasteiger partial charge on any atom is 0.337 e. The quantitative estimate of drug-likeness (QED) is 0.124. The van der Waals surface area contributed by atoms with E-state index in [1.165, 1.54) is 7.11 Å². The molecule has 2 heterocycles. The minimum atomic E-state index is -0.937. The van der Waals surface area contributed by atoms with Crippen molar-refractivity contribution in [1.29, 1.82) is 0 Å². The zero-order valence-electron chi connectivity index (χ0n) is 33.1. The summed E-state index contributed by atoms with van der Waals surface area (Å²) in [6.45, 7) is 5.05. The highest BCUT2D eigenvalue weighted by Gasteiger charge is 2.17. The van der Waals surface area contributed by atoms with E-state index in [0.29, 0.717) is 18.8 Å². The second kappa shape index (κ2) is 18.6. The van der Waals surface area contributed by atoms with Crippen LogP contribution in [0.15, 0.2) is 182 Å². The number of hydrogen-bond donors (Lipinski definition) is 1. The fourth-order valence-electron chi connectivity index (χ4n) is 6.90. The number of para-hydroxylation sites is 4. The topological polar surface area (TPSA) is 91.9 Å². The van der Waals surface area contributed by atoms with Gasteiger partial charge in [0.15, 0.2) is 0 Å².